The van der Waals surface area contributed by atoms with Crippen LogP contribution in [0.15, 0.2) is 0 Å². The zero-order valence-corrected chi connectivity index (χ0v) is 12.8. The Hall–Kier alpha value is -1.63. The zero-order valence-electron chi connectivity index (χ0n) is 12.8. The van der Waals surface area contributed by atoms with Crippen molar-refractivity contribution in [3.63, 3.8) is 0 Å². The summed E-state index contributed by atoms with van der Waals surface area (Å²) in [7, 11) is 2.50. The first-order chi connectivity index (χ1) is 9.23. The number of ether oxygens (including phenoxy) is 2. The minimum Gasteiger partial charge on any atom is -0.468 e. The molecule has 7 heteroatoms. The lowest BCUT2D eigenvalue weighted by Crippen LogP contribution is -2.49. The van der Waals surface area contributed by atoms with Crippen LogP contribution in [-0.4, -0.2) is 62.1 Å². The van der Waals surface area contributed by atoms with Crippen LogP contribution in [0.25, 0.3) is 0 Å². The molecule has 0 saturated heterocycles. The average Bonchev–Trinajstić information content (AvgIpc) is 2.37. The van der Waals surface area contributed by atoms with Gasteiger partial charge in [0.25, 0.3) is 0 Å². The SMILES string of the molecule is CCC(C)(C)NC(=O)CN(CC(=O)OC)CC(=O)OC. The highest BCUT2D eigenvalue weighted by molar-refractivity contribution is 5.81. The van der Waals surface area contributed by atoms with Gasteiger partial charge in [0, 0.05) is 5.54 Å². The van der Waals surface area contributed by atoms with Gasteiger partial charge in [-0.25, -0.2) is 0 Å². The van der Waals surface area contributed by atoms with Crippen LogP contribution in [0.5, 0.6) is 0 Å². The van der Waals surface area contributed by atoms with Crippen molar-refractivity contribution >= 4 is 17.8 Å². The Balaban J connectivity index is 4.58. The van der Waals surface area contributed by atoms with E-state index in [1.807, 2.05) is 20.8 Å². The zero-order chi connectivity index (χ0) is 15.8. The van der Waals surface area contributed by atoms with E-state index < -0.39 is 11.9 Å². The molecule has 0 aromatic carbocycles. The highest BCUT2D eigenvalue weighted by Gasteiger charge is 2.22. The van der Waals surface area contributed by atoms with Gasteiger partial charge in [-0.3, -0.25) is 19.3 Å². The molecule has 0 fully saturated rings. The van der Waals surface area contributed by atoms with E-state index in [0.29, 0.717) is 0 Å². The number of esters is 2. The van der Waals surface area contributed by atoms with Gasteiger partial charge in [0.15, 0.2) is 0 Å². The summed E-state index contributed by atoms with van der Waals surface area (Å²) in [5, 5.41) is 2.83. The first-order valence-corrected chi connectivity index (χ1v) is 6.41. The van der Waals surface area contributed by atoms with E-state index in [4.69, 9.17) is 0 Å². The number of hydrogen-bond acceptors (Lipinski definition) is 6. The molecule has 0 saturated carbocycles. The van der Waals surface area contributed by atoms with E-state index in [2.05, 4.69) is 14.8 Å². The highest BCUT2D eigenvalue weighted by atomic mass is 16.5. The second-order valence-corrected chi connectivity index (χ2v) is 5.08. The molecule has 0 atom stereocenters. The smallest absolute Gasteiger partial charge is 0.319 e. The second-order valence-electron chi connectivity index (χ2n) is 5.08. The van der Waals surface area contributed by atoms with Crippen molar-refractivity contribution in [1.29, 1.82) is 0 Å². The maximum absolute atomic E-state index is 11.9. The molecule has 1 N–H and O–H groups in total. The van der Waals surface area contributed by atoms with Gasteiger partial charge in [-0.15, -0.1) is 0 Å². The van der Waals surface area contributed by atoms with Crippen molar-refractivity contribution in [2.45, 2.75) is 32.7 Å². The summed E-state index contributed by atoms with van der Waals surface area (Å²) in [6.07, 6.45) is 0.771. The van der Waals surface area contributed by atoms with Crippen LogP contribution in [0.4, 0.5) is 0 Å². The fraction of sp³-hybridized carbons (Fsp3) is 0.769. The van der Waals surface area contributed by atoms with Crippen molar-refractivity contribution < 1.29 is 23.9 Å². The predicted octanol–water partition coefficient (Wildman–Crippen LogP) is -0.0608. The Morgan fingerprint density at radius 1 is 1.00 bits per heavy atom. The highest BCUT2D eigenvalue weighted by Crippen LogP contribution is 2.06. The van der Waals surface area contributed by atoms with Crippen molar-refractivity contribution in [1.82, 2.24) is 10.2 Å². The van der Waals surface area contributed by atoms with Gasteiger partial charge >= 0.3 is 11.9 Å². The van der Waals surface area contributed by atoms with Crippen LogP contribution < -0.4 is 5.32 Å². The third-order valence-corrected chi connectivity index (χ3v) is 2.89. The molecule has 1 amide bonds. The lowest BCUT2D eigenvalue weighted by atomic mass is 10.0. The maximum atomic E-state index is 11.9. The molecule has 7 nitrogen and oxygen atoms in total. The summed E-state index contributed by atoms with van der Waals surface area (Å²) >= 11 is 0. The number of hydrogen-bond donors (Lipinski definition) is 1. The van der Waals surface area contributed by atoms with Gasteiger partial charge < -0.3 is 14.8 Å². The molecule has 0 aromatic heterocycles. The van der Waals surface area contributed by atoms with Gasteiger partial charge in [0.2, 0.25) is 5.91 Å². The Morgan fingerprint density at radius 3 is 1.80 bits per heavy atom. The van der Waals surface area contributed by atoms with Crippen LogP contribution >= 0.6 is 0 Å². The predicted molar refractivity (Wildman–Crippen MR) is 73.0 cm³/mol. The molecule has 0 unspecified atom stereocenters. The minimum atomic E-state index is -0.517. The van der Waals surface area contributed by atoms with E-state index in [0.717, 1.165) is 6.42 Å². The lowest BCUT2D eigenvalue weighted by molar-refractivity contribution is -0.146. The molecule has 0 heterocycles. The maximum Gasteiger partial charge on any atom is 0.319 e. The van der Waals surface area contributed by atoms with Gasteiger partial charge in [0.1, 0.15) is 0 Å². The van der Waals surface area contributed by atoms with Crippen LogP contribution in [-0.2, 0) is 23.9 Å². The molecular formula is C13H24N2O5. The van der Waals surface area contributed by atoms with Crippen LogP contribution in [0, 0.1) is 0 Å². The molecule has 0 radical (unpaired) electrons. The standard InChI is InChI=1S/C13H24N2O5/c1-6-13(2,3)14-10(16)7-15(8-11(17)19-4)9-12(18)20-5/h6-9H2,1-5H3,(H,14,16). The Morgan fingerprint density at radius 2 is 1.45 bits per heavy atom. The molecular weight excluding hydrogens is 264 g/mol. The largest absolute Gasteiger partial charge is 0.468 e. The Labute approximate surface area is 119 Å². The summed E-state index contributed by atoms with van der Waals surface area (Å²) < 4.78 is 9.07. The Bertz CT molecular complexity index is 337. The third-order valence-electron chi connectivity index (χ3n) is 2.89. The number of nitrogens with one attached hydrogen (secondary N) is 1. The van der Waals surface area contributed by atoms with Crippen molar-refractivity contribution in [2.75, 3.05) is 33.9 Å². The molecule has 0 aliphatic rings. The van der Waals surface area contributed by atoms with E-state index in [1.54, 1.807) is 0 Å². The van der Waals surface area contributed by atoms with Crippen LogP contribution in [0.3, 0.4) is 0 Å². The molecule has 0 aliphatic heterocycles. The normalized spacial score (nSPS) is 11.1. The number of methoxy groups -OCH3 is 2. The molecule has 0 bridgehead atoms. The molecule has 0 spiro atoms. The number of rotatable bonds is 8. The van der Waals surface area contributed by atoms with Gasteiger partial charge in [-0.1, -0.05) is 6.92 Å². The fourth-order valence-corrected chi connectivity index (χ4v) is 1.37. The number of nitrogens with zero attached hydrogens (tertiary/aromatic N) is 1. The van der Waals surface area contributed by atoms with Crippen molar-refractivity contribution in [3.8, 4) is 0 Å². The van der Waals surface area contributed by atoms with E-state index in [1.165, 1.54) is 19.1 Å². The third kappa shape index (κ3) is 7.73. The summed E-state index contributed by atoms with van der Waals surface area (Å²) in [5.74, 6) is -1.29. The van der Waals surface area contributed by atoms with E-state index in [9.17, 15) is 14.4 Å². The van der Waals surface area contributed by atoms with Gasteiger partial charge in [-0.2, -0.15) is 0 Å². The second kappa shape index (κ2) is 8.52. The molecule has 0 aliphatic carbocycles. The van der Waals surface area contributed by atoms with Crippen LogP contribution in [0.2, 0.25) is 0 Å². The van der Waals surface area contributed by atoms with Crippen molar-refractivity contribution in [3.05, 3.63) is 0 Å². The number of carbonyl (C=O) groups excluding carboxylic acids is 3. The first-order valence-electron chi connectivity index (χ1n) is 6.41. The summed E-state index contributed by atoms with van der Waals surface area (Å²) in [5.41, 5.74) is -0.334. The number of amides is 1. The minimum absolute atomic E-state index is 0.0758. The molecule has 0 aromatic rings. The van der Waals surface area contributed by atoms with Crippen molar-refractivity contribution in [2.24, 2.45) is 0 Å². The van der Waals surface area contributed by atoms with E-state index in [-0.39, 0.29) is 31.1 Å². The first kappa shape index (κ1) is 18.4. The quantitative estimate of drug-likeness (QED) is 0.630. The topological polar surface area (TPSA) is 84.9 Å². The van der Waals surface area contributed by atoms with Gasteiger partial charge in [-0.05, 0) is 20.3 Å². The Kier molecular flexibility index (Phi) is 7.83. The molecule has 0 rings (SSSR count). The molecule has 20 heavy (non-hydrogen) atoms. The lowest BCUT2D eigenvalue weighted by Gasteiger charge is -2.26. The molecule has 116 valence electrons. The number of carbonyl (C=O) groups is 3. The summed E-state index contributed by atoms with van der Waals surface area (Å²) in [6.45, 7) is 5.39. The average molecular weight is 288 g/mol. The van der Waals surface area contributed by atoms with E-state index >= 15 is 0 Å². The monoisotopic (exact) mass is 288 g/mol. The van der Waals surface area contributed by atoms with Gasteiger partial charge in [0.05, 0.1) is 33.9 Å². The summed E-state index contributed by atoms with van der Waals surface area (Å²) in [4.78, 5) is 35.8. The fourth-order valence-electron chi connectivity index (χ4n) is 1.37. The summed E-state index contributed by atoms with van der Waals surface area (Å²) in [6, 6.07) is 0. The van der Waals surface area contributed by atoms with Crippen LogP contribution in [0.1, 0.15) is 27.2 Å².